The van der Waals surface area contributed by atoms with Crippen molar-refractivity contribution in [2.75, 3.05) is 0 Å². The maximum atomic E-state index is 10.8. The van der Waals surface area contributed by atoms with Crippen LogP contribution in [0.3, 0.4) is 0 Å². The third-order valence-corrected chi connectivity index (χ3v) is 2.10. The van der Waals surface area contributed by atoms with Gasteiger partial charge in [0.25, 0.3) is 0 Å². The Balaban J connectivity index is 2.91. The van der Waals surface area contributed by atoms with E-state index in [-0.39, 0.29) is 5.78 Å². The minimum atomic E-state index is -0.331. The predicted molar refractivity (Wildman–Crippen MR) is 43.2 cm³/mol. The fraction of sp³-hybridized carbons (Fsp3) is 0.143. The summed E-state index contributed by atoms with van der Waals surface area (Å²) in [6.07, 6.45) is 6.36. The number of hydrogen-bond acceptors (Lipinski definition) is 4. The van der Waals surface area contributed by atoms with E-state index in [9.17, 15) is 4.79 Å². The molecule has 3 nitrogen and oxygen atoms in total. The smallest absolute Gasteiger partial charge is 0.247 e. The van der Waals surface area contributed by atoms with E-state index in [2.05, 4.69) is 4.98 Å². The number of nitrogens with zero attached hydrogens (tertiary/aromatic N) is 1. The Kier molecular flexibility index (Phi) is 2.36. The van der Waals surface area contributed by atoms with Crippen LogP contribution in [0.2, 0.25) is 0 Å². The maximum absolute atomic E-state index is 10.8. The molecule has 0 atom stereocenters. The third-order valence-electron chi connectivity index (χ3n) is 1.08. The van der Waals surface area contributed by atoms with Crippen LogP contribution in [-0.2, 0) is 6.54 Å². The van der Waals surface area contributed by atoms with Crippen molar-refractivity contribution in [1.82, 2.24) is 4.98 Å². The molecule has 1 aromatic rings. The molecular formula is C7H6N2OS. The monoisotopic (exact) mass is 166 g/mol. The van der Waals surface area contributed by atoms with Gasteiger partial charge in [0.2, 0.25) is 5.78 Å². The van der Waals surface area contributed by atoms with Crippen LogP contribution >= 0.6 is 11.3 Å². The second kappa shape index (κ2) is 3.28. The van der Waals surface area contributed by atoms with Crippen LogP contribution in [0.25, 0.3) is 0 Å². The number of hydrogen-bond donors (Lipinski definition) is 1. The Morgan fingerprint density at radius 1 is 1.91 bits per heavy atom. The highest BCUT2D eigenvalue weighted by Crippen LogP contribution is 2.11. The molecule has 11 heavy (non-hydrogen) atoms. The van der Waals surface area contributed by atoms with Gasteiger partial charge in [-0.25, -0.2) is 4.98 Å². The average Bonchev–Trinajstić information content (AvgIpc) is 2.50. The zero-order valence-electron chi connectivity index (χ0n) is 5.70. The van der Waals surface area contributed by atoms with Gasteiger partial charge in [0.05, 0.1) is 6.20 Å². The number of carbonyl (C=O) groups is 1. The van der Waals surface area contributed by atoms with Gasteiger partial charge in [-0.05, 0) is 5.92 Å². The summed E-state index contributed by atoms with van der Waals surface area (Å²) in [4.78, 5) is 15.2. The number of ketones is 1. The van der Waals surface area contributed by atoms with Gasteiger partial charge >= 0.3 is 0 Å². The van der Waals surface area contributed by atoms with Crippen LogP contribution in [0.5, 0.6) is 0 Å². The van der Waals surface area contributed by atoms with Crippen molar-refractivity contribution in [3.8, 4) is 12.3 Å². The molecule has 0 amide bonds. The van der Waals surface area contributed by atoms with Crippen molar-refractivity contribution in [2.24, 2.45) is 5.73 Å². The zero-order chi connectivity index (χ0) is 8.27. The van der Waals surface area contributed by atoms with Crippen LogP contribution < -0.4 is 5.73 Å². The number of terminal acetylenes is 1. The SMILES string of the molecule is C#CC(=O)c1cnc(CN)s1. The van der Waals surface area contributed by atoms with Crippen LogP contribution in [0.15, 0.2) is 6.20 Å². The van der Waals surface area contributed by atoms with E-state index in [0.29, 0.717) is 11.4 Å². The highest BCUT2D eigenvalue weighted by Gasteiger charge is 2.05. The van der Waals surface area contributed by atoms with Crippen LogP contribution in [0.4, 0.5) is 0 Å². The van der Waals surface area contributed by atoms with E-state index in [1.54, 1.807) is 0 Å². The molecule has 1 heterocycles. The Hall–Kier alpha value is -1.18. The van der Waals surface area contributed by atoms with E-state index < -0.39 is 0 Å². The van der Waals surface area contributed by atoms with Crippen LogP contribution in [0.1, 0.15) is 14.7 Å². The summed E-state index contributed by atoms with van der Waals surface area (Å²) >= 11 is 1.24. The Bertz CT molecular complexity index is 310. The Morgan fingerprint density at radius 2 is 2.64 bits per heavy atom. The summed E-state index contributed by atoms with van der Waals surface area (Å²) in [6, 6.07) is 0. The fourth-order valence-corrected chi connectivity index (χ4v) is 1.28. The van der Waals surface area contributed by atoms with Crippen molar-refractivity contribution in [3.05, 3.63) is 16.1 Å². The van der Waals surface area contributed by atoms with E-state index >= 15 is 0 Å². The van der Waals surface area contributed by atoms with Crippen molar-refractivity contribution in [1.29, 1.82) is 0 Å². The molecule has 0 fully saturated rings. The van der Waals surface area contributed by atoms with Crippen LogP contribution in [-0.4, -0.2) is 10.8 Å². The molecule has 0 saturated heterocycles. The molecule has 1 rings (SSSR count). The highest BCUT2D eigenvalue weighted by molar-refractivity contribution is 7.13. The molecule has 1 aromatic heterocycles. The quantitative estimate of drug-likeness (QED) is 0.393. The van der Waals surface area contributed by atoms with Crippen LogP contribution in [0, 0.1) is 12.3 Å². The van der Waals surface area contributed by atoms with E-state index in [0.717, 1.165) is 5.01 Å². The average molecular weight is 166 g/mol. The largest absolute Gasteiger partial charge is 0.325 e. The van der Waals surface area contributed by atoms with Crippen molar-refractivity contribution >= 4 is 17.1 Å². The van der Waals surface area contributed by atoms with Gasteiger partial charge in [-0.1, -0.05) is 0 Å². The van der Waals surface area contributed by atoms with Gasteiger partial charge in [-0.15, -0.1) is 17.8 Å². The summed E-state index contributed by atoms with van der Waals surface area (Å²) in [7, 11) is 0. The third kappa shape index (κ3) is 1.64. The highest BCUT2D eigenvalue weighted by atomic mass is 32.1. The lowest BCUT2D eigenvalue weighted by molar-refractivity contribution is 0.106. The molecule has 0 aromatic carbocycles. The first-order valence-electron chi connectivity index (χ1n) is 2.93. The summed E-state index contributed by atoms with van der Waals surface area (Å²) in [6.45, 7) is 0.350. The minimum Gasteiger partial charge on any atom is -0.325 e. The summed E-state index contributed by atoms with van der Waals surface area (Å²) < 4.78 is 0. The second-order valence-corrected chi connectivity index (χ2v) is 2.91. The number of aromatic nitrogens is 1. The molecule has 0 radical (unpaired) electrons. The Morgan fingerprint density at radius 3 is 3.09 bits per heavy atom. The molecule has 0 bridgehead atoms. The molecule has 0 saturated carbocycles. The van der Waals surface area contributed by atoms with Gasteiger partial charge in [-0.3, -0.25) is 4.79 Å². The Labute approximate surface area is 68.3 Å². The van der Waals surface area contributed by atoms with Gasteiger partial charge in [0.15, 0.2) is 0 Å². The molecular weight excluding hydrogens is 160 g/mol. The van der Waals surface area contributed by atoms with E-state index in [1.807, 2.05) is 5.92 Å². The molecule has 0 aliphatic carbocycles. The predicted octanol–water partition coefficient (Wildman–Crippen LogP) is 0.418. The number of carbonyl (C=O) groups excluding carboxylic acids is 1. The topological polar surface area (TPSA) is 56.0 Å². The van der Waals surface area contributed by atoms with Gasteiger partial charge < -0.3 is 5.73 Å². The molecule has 4 heteroatoms. The van der Waals surface area contributed by atoms with Crippen molar-refractivity contribution in [2.45, 2.75) is 6.54 Å². The molecule has 0 aliphatic heterocycles. The maximum Gasteiger partial charge on any atom is 0.247 e. The molecule has 56 valence electrons. The molecule has 0 unspecified atom stereocenters. The van der Waals surface area contributed by atoms with E-state index in [1.165, 1.54) is 17.5 Å². The summed E-state index contributed by atoms with van der Waals surface area (Å²) in [5.74, 6) is 1.68. The first kappa shape index (κ1) is 7.92. The van der Waals surface area contributed by atoms with Gasteiger partial charge in [0, 0.05) is 6.54 Å². The molecule has 0 aliphatic rings. The lowest BCUT2D eigenvalue weighted by Crippen LogP contribution is -1.93. The summed E-state index contributed by atoms with van der Waals surface area (Å²) in [5, 5.41) is 0.726. The molecule has 2 N–H and O–H groups in total. The molecule has 0 spiro atoms. The zero-order valence-corrected chi connectivity index (χ0v) is 6.52. The summed E-state index contributed by atoms with van der Waals surface area (Å²) in [5.41, 5.74) is 5.29. The van der Waals surface area contributed by atoms with Gasteiger partial charge in [-0.2, -0.15) is 0 Å². The standard InChI is InChI=1S/C7H6N2OS/c1-2-5(10)6-4-9-7(3-8)11-6/h1,4H,3,8H2. The fourth-order valence-electron chi connectivity index (χ4n) is 0.581. The van der Waals surface area contributed by atoms with E-state index in [4.69, 9.17) is 12.2 Å². The van der Waals surface area contributed by atoms with Crippen molar-refractivity contribution in [3.63, 3.8) is 0 Å². The number of thiazole rings is 1. The normalized spacial score (nSPS) is 9.09. The first-order chi connectivity index (χ1) is 5.27. The van der Waals surface area contributed by atoms with Gasteiger partial charge in [0.1, 0.15) is 9.88 Å². The number of nitrogens with two attached hydrogens (primary N) is 1. The first-order valence-corrected chi connectivity index (χ1v) is 3.75. The number of Topliss-reactive ketones (excluding diaryl/α,β-unsaturated/α-hetero) is 1. The number of rotatable bonds is 2. The lowest BCUT2D eigenvalue weighted by Gasteiger charge is -1.81. The lowest BCUT2D eigenvalue weighted by atomic mass is 10.4. The second-order valence-electron chi connectivity index (χ2n) is 1.80. The van der Waals surface area contributed by atoms with Crippen molar-refractivity contribution < 1.29 is 4.79 Å². The minimum absolute atomic E-state index is 0.331.